The summed E-state index contributed by atoms with van der Waals surface area (Å²) in [4.78, 5) is 37.8. The number of aliphatic carboxylic acids is 1. The molecule has 0 bridgehead atoms. The minimum absolute atomic E-state index is 0.0378. The summed E-state index contributed by atoms with van der Waals surface area (Å²) < 4.78 is 35.7. The van der Waals surface area contributed by atoms with Gasteiger partial charge in [-0.1, -0.05) is 18.6 Å². The highest BCUT2D eigenvalue weighted by molar-refractivity contribution is 5.90. The van der Waals surface area contributed by atoms with Crippen molar-refractivity contribution in [3.8, 4) is 5.69 Å². The number of halogens is 2. The summed E-state index contributed by atoms with van der Waals surface area (Å²) in [5, 5.41) is 8.79. The van der Waals surface area contributed by atoms with Crippen LogP contribution in [0.1, 0.15) is 42.9 Å². The Balaban J connectivity index is 1.81. The number of fused-ring (bicyclic) bond motifs is 2. The van der Waals surface area contributed by atoms with Crippen LogP contribution in [0.5, 0.6) is 0 Å². The van der Waals surface area contributed by atoms with Crippen LogP contribution in [-0.4, -0.2) is 15.6 Å². The largest absolute Gasteiger partial charge is 0.481 e. The number of aryl methyl sites for hydroxylation is 1. The Bertz CT molecular complexity index is 1550. The average molecular weight is 451 g/mol. The first kappa shape index (κ1) is 21.1. The van der Waals surface area contributed by atoms with Gasteiger partial charge < -0.3 is 9.52 Å². The smallest absolute Gasteiger partial charge is 0.303 e. The number of carboxylic acid groups (broad SMARTS) is 1. The molecule has 0 saturated heterocycles. The summed E-state index contributed by atoms with van der Waals surface area (Å²) in [6.45, 7) is 0. The molecule has 1 aliphatic carbocycles. The number of hydrogen-bond acceptors (Lipinski definition) is 4. The fourth-order valence-electron chi connectivity index (χ4n) is 4.32. The van der Waals surface area contributed by atoms with E-state index in [-0.39, 0.29) is 46.4 Å². The van der Waals surface area contributed by atoms with Crippen LogP contribution >= 0.6 is 0 Å². The van der Waals surface area contributed by atoms with E-state index in [9.17, 15) is 23.2 Å². The van der Waals surface area contributed by atoms with E-state index in [2.05, 4.69) is 0 Å². The van der Waals surface area contributed by atoms with Gasteiger partial charge in [-0.3, -0.25) is 19.0 Å². The highest BCUT2D eigenvalue weighted by Crippen LogP contribution is 2.38. The van der Waals surface area contributed by atoms with Gasteiger partial charge in [0.25, 0.3) is 5.56 Å². The molecule has 0 unspecified atom stereocenters. The van der Waals surface area contributed by atoms with Crippen LogP contribution in [0.4, 0.5) is 8.78 Å². The van der Waals surface area contributed by atoms with E-state index in [1.807, 2.05) is 0 Å². The van der Waals surface area contributed by atoms with Gasteiger partial charge in [-0.05, 0) is 55.0 Å². The second kappa shape index (κ2) is 7.95. The van der Waals surface area contributed by atoms with E-state index in [0.717, 1.165) is 29.9 Å². The Kier molecular flexibility index (Phi) is 5.08. The van der Waals surface area contributed by atoms with Crippen LogP contribution < -0.4 is 11.0 Å². The third kappa shape index (κ3) is 3.51. The molecule has 33 heavy (non-hydrogen) atoms. The molecule has 1 fully saturated rings. The summed E-state index contributed by atoms with van der Waals surface area (Å²) in [6.07, 6.45) is 2.62. The molecule has 0 spiro atoms. The zero-order valence-corrected chi connectivity index (χ0v) is 17.4. The number of carboxylic acids is 1. The van der Waals surface area contributed by atoms with Crippen LogP contribution in [0, 0.1) is 11.6 Å². The molecule has 2 aromatic carbocycles. The lowest BCUT2D eigenvalue weighted by Crippen LogP contribution is -2.29. The monoisotopic (exact) mass is 451 g/mol. The van der Waals surface area contributed by atoms with Crippen LogP contribution in [-0.2, 0) is 11.2 Å². The maximum Gasteiger partial charge on any atom is 0.303 e. The van der Waals surface area contributed by atoms with E-state index in [4.69, 9.17) is 9.52 Å². The zero-order valence-electron chi connectivity index (χ0n) is 17.4. The molecule has 1 saturated carbocycles. The predicted octanol–water partition coefficient (Wildman–Crippen LogP) is 4.66. The third-order valence-electron chi connectivity index (χ3n) is 6.26. The summed E-state index contributed by atoms with van der Waals surface area (Å²) in [6, 6.07) is 9.92. The van der Waals surface area contributed by atoms with Gasteiger partial charge in [0.05, 0.1) is 11.1 Å². The summed E-state index contributed by atoms with van der Waals surface area (Å²) in [5.41, 5.74) is -0.183. The van der Waals surface area contributed by atoms with Gasteiger partial charge in [-0.25, -0.2) is 8.78 Å². The van der Waals surface area contributed by atoms with Crippen molar-refractivity contribution >= 4 is 27.9 Å². The van der Waals surface area contributed by atoms with Crippen molar-refractivity contribution in [1.29, 1.82) is 0 Å². The standard InChI is InChI=1S/C25H19F2NO5/c26-16-5-2-6-17(23(16)27)28-18(14-3-1-4-14)12-20-22(25(28)32)24(31)15-11-13(8-10-21(29)30)7-9-19(15)33-20/h2,5-7,9,11-12,14H,1,3-4,8,10H2,(H,29,30). The van der Waals surface area contributed by atoms with Gasteiger partial charge >= 0.3 is 5.97 Å². The van der Waals surface area contributed by atoms with Gasteiger partial charge in [-0.15, -0.1) is 0 Å². The number of nitrogens with zero attached hydrogens (tertiary/aromatic N) is 1. The lowest BCUT2D eigenvalue weighted by molar-refractivity contribution is -0.136. The molecule has 5 rings (SSSR count). The van der Waals surface area contributed by atoms with Crippen molar-refractivity contribution in [3.63, 3.8) is 0 Å². The lowest BCUT2D eigenvalue weighted by Gasteiger charge is -2.28. The molecule has 2 aromatic heterocycles. The maximum atomic E-state index is 14.7. The summed E-state index contributed by atoms with van der Waals surface area (Å²) in [7, 11) is 0. The first-order chi connectivity index (χ1) is 15.8. The van der Waals surface area contributed by atoms with Crippen molar-refractivity contribution < 1.29 is 23.1 Å². The van der Waals surface area contributed by atoms with Gasteiger partial charge in [-0.2, -0.15) is 0 Å². The molecule has 0 aliphatic heterocycles. The molecule has 168 valence electrons. The zero-order chi connectivity index (χ0) is 23.3. The Morgan fingerprint density at radius 2 is 1.88 bits per heavy atom. The van der Waals surface area contributed by atoms with Gasteiger partial charge in [0.2, 0.25) is 5.43 Å². The van der Waals surface area contributed by atoms with Crippen molar-refractivity contribution in [1.82, 2.24) is 4.57 Å². The van der Waals surface area contributed by atoms with Crippen molar-refractivity contribution in [3.05, 3.63) is 85.9 Å². The SMILES string of the molecule is O=C(O)CCc1ccc2oc3cc(C4CCC4)n(-c4cccc(F)c4F)c(=O)c3c(=O)c2c1. The lowest BCUT2D eigenvalue weighted by atomic mass is 9.82. The Labute approximate surface area is 185 Å². The Morgan fingerprint density at radius 3 is 2.58 bits per heavy atom. The number of hydrogen-bond donors (Lipinski definition) is 1. The van der Waals surface area contributed by atoms with Gasteiger partial charge in [0.15, 0.2) is 11.6 Å². The highest BCUT2D eigenvalue weighted by Gasteiger charge is 2.28. The van der Waals surface area contributed by atoms with Crippen LogP contribution in [0.3, 0.4) is 0 Å². The van der Waals surface area contributed by atoms with E-state index in [1.165, 1.54) is 18.2 Å². The van der Waals surface area contributed by atoms with Crippen molar-refractivity contribution in [2.45, 2.75) is 38.0 Å². The molecule has 0 radical (unpaired) electrons. The second-order valence-electron chi connectivity index (χ2n) is 8.31. The highest BCUT2D eigenvalue weighted by atomic mass is 19.2. The molecule has 1 aliphatic rings. The number of pyridine rings is 1. The van der Waals surface area contributed by atoms with E-state index >= 15 is 0 Å². The number of aromatic nitrogens is 1. The normalized spacial score (nSPS) is 14.0. The summed E-state index contributed by atoms with van der Waals surface area (Å²) >= 11 is 0. The molecular formula is C25H19F2NO5. The molecule has 0 amide bonds. The van der Waals surface area contributed by atoms with Crippen molar-refractivity contribution in [2.75, 3.05) is 0 Å². The van der Waals surface area contributed by atoms with Gasteiger partial charge in [0.1, 0.15) is 16.6 Å². The van der Waals surface area contributed by atoms with Crippen LogP contribution in [0.2, 0.25) is 0 Å². The predicted molar refractivity (Wildman–Crippen MR) is 118 cm³/mol. The molecule has 8 heteroatoms. The molecule has 4 aromatic rings. The number of carbonyl (C=O) groups is 1. The average Bonchev–Trinajstić information content (AvgIpc) is 2.74. The Morgan fingerprint density at radius 1 is 1.09 bits per heavy atom. The fraction of sp³-hybridized carbons (Fsp3) is 0.240. The van der Waals surface area contributed by atoms with Gasteiger partial charge in [0, 0.05) is 18.2 Å². The van der Waals surface area contributed by atoms with E-state index in [1.54, 1.807) is 18.2 Å². The summed E-state index contributed by atoms with van der Waals surface area (Å²) in [5.74, 6) is -3.26. The molecule has 0 atom stereocenters. The fourth-order valence-corrected chi connectivity index (χ4v) is 4.32. The first-order valence-corrected chi connectivity index (χ1v) is 10.7. The topological polar surface area (TPSA) is 89.5 Å². The molecule has 1 N–H and O–H groups in total. The molecule has 6 nitrogen and oxygen atoms in total. The van der Waals surface area contributed by atoms with Crippen LogP contribution in [0.15, 0.2) is 56.5 Å². The first-order valence-electron chi connectivity index (χ1n) is 10.7. The van der Waals surface area contributed by atoms with Crippen molar-refractivity contribution in [2.24, 2.45) is 0 Å². The third-order valence-corrected chi connectivity index (χ3v) is 6.26. The number of benzene rings is 2. The van der Waals surface area contributed by atoms with E-state index < -0.39 is 28.6 Å². The minimum atomic E-state index is -1.17. The number of rotatable bonds is 5. The minimum Gasteiger partial charge on any atom is -0.481 e. The second-order valence-corrected chi connectivity index (χ2v) is 8.31. The quantitative estimate of drug-likeness (QED) is 0.446. The molecule has 2 heterocycles. The maximum absolute atomic E-state index is 14.7. The Hall–Kier alpha value is -3.81. The van der Waals surface area contributed by atoms with Crippen LogP contribution in [0.25, 0.3) is 27.6 Å². The molecular weight excluding hydrogens is 432 g/mol. The van der Waals surface area contributed by atoms with E-state index in [0.29, 0.717) is 11.3 Å².